The summed E-state index contributed by atoms with van der Waals surface area (Å²) in [5.41, 5.74) is 7.78. The summed E-state index contributed by atoms with van der Waals surface area (Å²) in [7, 11) is 3.31. The second kappa shape index (κ2) is 11.6. The highest BCUT2D eigenvalue weighted by atomic mass is 19.1. The first-order valence-corrected chi connectivity index (χ1v) is 13.6. The van der Waals surface area contributed by atoms with Crippen molar-refractivity contribution >= 4 is 11.3 Å². The summed E-state index contributed by atoms with van der Waals surface area (Å²) in [6.45, 7) is 8.98. The van der Waals surface area contributed by atoms with Crippen LogP contribution in [0.3, 0.4) is 0 Å². The lowest BCUT2D eigenvalue weighted by molar-refractivity contribution is 0.302. The van der Waals surface area contributed by atoms with Gasteiger partial charge in [0.2, 0.25) is 0 Å². The van der Waals surface area contributed by atoms with Crippen LogP contribution in [0.15, 0.2) is 78.9 Å². The zero-order chi connectivity index (χ0) is 29.1. The van der Waals surface area contributed by atoms with Gasteiger partial charge in [-0.2, -0.15) is 0 Å². The van der Waals surface area contributed by atoms with Crippen LogP contribution in [-0.2, 0) is 13.2 Å². The number of fused-ring (bicyclic) bond motifs is 1. The average Bonchev–Trinajstić information content (AvgIpc) is 2.95. The number of ether oxygens (including phenoxy) is 4. The van der Waals surface area contributed by atoms with Gasteiger partial charge in [-0.1, -0.05) is 30.3 Å². The molecule has 0 saturated heterocycles. The Hall–Kier alpha value is -4.45. The Kier molecular flexibility index (Phi) is 7.93. The molecule has 0 fully saturated rings. The molecule has 5 rings (SSSR count). The summed E-state index contributed by atoms with van der Waals surface area (Å²) in [5.74, 6) is 2.43. The quantitative estimate of drug-likeness (QED) is 0.225. The SMILES string of the molecule is COc1ccc(COc2ccc(OC)c(-c3ccc4c(c3COc3cc(F)ccc3C)C(C)=CC(C)(C)N4)c2)cc1. The largest absolute Gasteiger partial charge is 0.497 e. The van der Waals surface area contributed by atoms with Crippen LogP contribution < -0.4 is 24.3 Å². The van der Waals surface area contributed by atoms with E-state index in [4.69, 9.17) is 18.9 Å². The second-order valence-corrected chi connectivity index (χ2v) is 10.9. The monoisotopic (exact) mass is 553 g/mol. The van der Waals surface area contributed by atoms with Crippen molar-refractivity contribution in [2.24, 2.45) is 0 Å². The van der Waals surface area contributed by atoms with Crippen LogP contribution in [0.25, 0.3) is 16.7 Å². The number of rotatable bonds is 9. The van der Waals surface area contributed by atoms with E-state index in [0.717, 1.165) is 56.1 Å². The molecule has 212 valence electrons. The molecule has 0 aromatic heterocycles. The Labute approximate surface area is 241 Å². The summed E-state index contributed by atoms with van der Waals surface area (Å²) in [5, 5.41) is 3.63. The molecule has 1 aliphatic heterocycles. The number of methoxy groups -OCH3 is 2. The van der Waals surface area contributed by atoms with Gasteiger partial charge in [0.05, 0.1) is 19.8 Å². The van der Waals surface area contributed by atoms with Gasteiger partial charge < -0.3 is 24.3 Å². The molecule has 1 N–H and O–H groups in total. The fourth-order valence-corrected chi connectivity index (χ4v) is 5.36. The van der Waals surface area contributed by atoms with E-state index in [-0.39, 0.29) is 18.0 Å². The summed E-state index contributed by atoms with van der Waals surface area (Å²) < 4.78 is 37.6. The van der Waals surface area contributed by atoms with E-state index in [9.17, 15) is 4.39 Å². The van der Waals surface area contributed by atoms with Crippen LogP contribution >= 0.6 is 0 Å². The molecule has 0 unspecified atom stereocenters. The van der Waals surface area contributed by atoms with Gasteiger partial charge in [0.1, 0.15) is 42.0 Å². The molecule has 0 spiro atoms. The standard InChI is InChI=1S/C35H36FNO4/c1-22-7-10-25(36)17-33(22)41-21-30-28(14-15-31-34(30)23(2)19-35(3,4)37-31)29-18-27(13-16-32(29)39-6)40-20-24-8-11-26(38-5)12-9-24/h7-19,37H,20-21H2,1-6H3. The Morgan fingerprint density at radius 1 is 0.732 bits per heavy atom. The van der Waals surface area contributed by atoms with Gasteiger partial charge in [-0.3, -0.25) is 0 Å². The number of aryl methyl sites for hydroxylation is 1. The predicted octanol–water partition coefficient (Wildman–Crippen LogP) is 8.58. The van der Waals surface area contributed by atoms with Crippen molar-refractivity contribution in [3.05, 3.63) is 107 Å². The molecular formula is C35H36FNO4. The number of halogens is 1. The molecule has 0 atom stereocenters. The summed E-state index contributed by atoms with van der Waals surface area (Å²) in [6, 6.07) is 22.4. The lowest BCUT2D eigenvalue weighted by Crippen LogP contribution is -2.32. The molecule has 5 nitrogen and oxygen atoms in total. The van der Waals surface area contributed by atoms with Crippen molar-refractivity contribution in [3.8, 4) is 34.1 Å². The van der Waals surface area contributed by atoms with E-state index in [1.54, 1.807) is 20.3 Å². The van der Waals surface area contributed by atoms with Crippen LogP contribution in [0, 0.1) is 12.7 Å². The molecule has 0 amide bonds. The maximum atomic E-state index is 14.1. The van der Waals surface area contributed by atoms with Crippen molar-refractivity contribution in [1.29, 1.82) is 0 Å². The minimum atomic E-state index is -0.330. The summed E-state index contributed by atoms with van der Waals surface area (Å²) >= 11 is 0. The molecule has 1 aliphatic rings. The van der Waals surface area contributed by atoms with Gasteiger partial charge in [-0.25, -0.2) is 4.39 Å². The van der Waals surface area contributed by atoms with Crippen LogP contribution in [0.4, 0.5) is 10.1 Å². The Bertz CT molecular complexity index is 1590. The van der Waals surface area contributed by atoms with E-state index in [0.29, 0.717) is 18.1 Å². The van der Waals surface area contributed by atoms with Crippen LogP contribution in [-0.4, -0.2) is 19.8 Å². The molecule has 0 radical (unpaired) electrons. The maximum Gasteiger partial charge on any atom is 0.126 e. The zero-order valence-electron chi connectivity index (χ0n) is 24.4. The van der Waals surface area contributed by atoms with Crippen molar-refractivity contribution < 1.29 is 23.3 Å². The number of benzene rings is 4. The van der Waals surface area contributed by atoms with E-state index >= 15 is 0 Å². The first-order chi connectivity index (χ1) is 19.7. The van der Waals surface area contributed by atoms with Crippen molar-refractivity contribution in [3.63, 3.8) is 0 Å². The number of hydrogen-bond acceptors (Lipinski definition) is 5. The van der Waals surface area contributed by atoms with E-state index < -0.39 is 0 Å². The van der Waals surface area contributed by atoms with E-state index in [2.05, 4.69) is 44.3 Å². The topological polar surface area (TPSA) is 49.0 Å². The summed E-state index contributed by atoms with van der Waals surface area (Å²) in [6.07, 6.45) is 2.22. The lowest BCUT2D eigenvalue weighted by Gasteiger charge is -2.33. The van der Waals surface area contributed by atoms with Crippen LogP contribution in [0.2, 0.25) is 0 Å². The average molecular weight is 554 g/mol. The number of hydrogen-bond donors (Lipinski definition) is 1. The fraction of sp³-hybridized carbons (Fsp3) is 0.257. The smallest absolute Gasteiger partial charge is 0.126 e. The van der Waals surface area contributed by atoms with Gasteiger partial charge in [0, 0.05) is 28.4 Å². The number of anilines is 1. The third-order valence-electron chi connectivity index (χ3n) is 7.29. The van der Waals surface area contributed by atoms with Gasteiger partial charge in [0.15, 0.2) is 0 Å². The first-order valence-electron chi connectivity index (χ1n) is 13.6. The third-order valence-corrected chi connectivity index (χ3v) is 7.29. The van der Waals surface area contributed by atoms with Crippen molar-refractivity contribution in [2.75, 3.05) is 19.5 Å². The van der Waals surface area contributed by atoms with Crippen molar-refractivity contribution in [1.82, 2.24) is 0 Å². The molecule has 4 aromatic rings. The number of allylic oxidation sites excluding steroid dienone is 1. The Balaban J connectivity index is 1.55. The highest BCUT2D eigenvalue weighted by molar-refractivity contribution is 5.88. The Morgan fingerprint density at radius 2 is 1.49 bits per heavy atom. The first kappa shape index (κ1) is 28.1. The second-order valence-electron chi connectivity index (χ2n) is 10.9. The predicted molar refractivity (Wildman–Crippen MR) is 163 cm³/mol. The minimum Gasteiger partial charge on any atom is -0.497 e. The minimum absolute atomic E-state index is 0.192. The van der Waals surface area contributed by atoms with Crippen LogP contribution in [0.1, 0.15) is 43.0 Å². The molecule has 0 aliphatic carbocycles. The molecular weight excluding hydrogens is 517 g/mol. The molecule has 4 aromatic carbocycles. The fourth-order valence-electron chi connectivity index (χ4n) is 5.36. The van der Waals surface area contributed by atoms with Crippen LogP contribution in [0.5, 0.6) is 23.0 Å². The highest BCUT2D eigenvalue weighted by Crippen LogP contribution is 2.44. The molecule has 0 bridgehead atoms. The zero-order valence-corrected chi connectivity index (χ0v) is 24.4. The molecule has 0 saturated carbocycles. The van der Waals surface area contributed by atoms with E-state index in [1.165, 1.54) is 12.1 Å². The van der Waals surface area contributed by atoms with Crippen molar-refractivity contribution in [2.45, 2.75) is 46.4 Å². The maximum absolute atomic E-state index is 14.1. The normalized spacial score (nSPS) is 13.5. The van der Waals surface area contributed by atoms with Gasteiger partial charge in [0.25, 0.3) is 0 Å². The van der Waals surface area contributed by atoms with Gasteiger partial charge in [-0.05, 0) is 92.4 Å². The third kappa shape index (κ3) is 6.17. The van der Waals surface area contributed by atoms with E-state index in [1.807, 2.05) is 49.4 Å². The molecule has 1 heterocycles. The van der Waals surface area contributed by atoms with Gasteiger partial charge in [-0.15, -0.1) is 0 Å². The molecule has 6 heteroatoms. The highest BCUT2D eigenvalue weighted by Gasteiger charge is 2.27. The van der Waals surface area contributed by atoms with Gasteiger partial charge >= 0.3 is 0 Å². The summed E-state index contributed by atoms with van der Waals surface area (Å²) in [4.78, 5) is 0. The number of nitrogens with one attached hydrogen (secondary N) is 1. The lowest BCUT2D eigenvalue weighted by atomic mass is 9.85. The Morgan fingerprint density at radius 3 is 2.22 bits per heavy atom. The molecule has 41 heavy (non-hydrogen) atoms.